The van der Waals surface area contributed by atoms with Crippen molar-refractivity contribution in [1.29, 1.82) is 0 Å². The summed E-state index contributed by atoms with van der Waals surface area (Å²) >= 11 is 0. The molecule has 0 atom stereocenters. The fraction of sp³-hybridized carbons (Fsp3) is 0.600. The Morgan fingerprint density at radius 1 is 1.33 bits per heavy atom. The zero-order valence-electron chi connectivity index (χ0n) is 12.7. The number of hydrogen-bond acceptors (Lipinski definition) is 5. The largest absolute Gasteiger partial charge is 0.381 e. The lowest BCUT2D eigenvalue weighted by molar-refractivity contribution is 0.0300. The van der Waals surface area contributed by atoms with Gasteiger partial charge in [0.05, 0.1) is 6.20 Å². The molecule has 0 aliphatic carbocycles. The number of nitrogens with zero attached hydrogens (tertiary/aromatic N) is 3. The van der Waals surface area contributed by atoms with Gasteiger partial charge in [-0.25, -0.2) is 9.97 Å². The molecule has 2 aromatic heterocycles. The van der Waals surface area contributed by atoms with Gasteiger partial charge in [-0.05, 0) is 25.2 Å². The topological polar surface area (TPSA) is 63.5 Å². The molecule has 1 aliphatic heterocycles. The van der Waals surface area contributed by atoms with Crippen molar-refractivity contribution >= 4 is 17.3 Å². The smallest absolute Gasteiger partial charge is 0.180 e. The summed E-state index contributed by atoms with van der Waals surface area (Å²) in [6, 6.07) is 0. The van der Waals surface area contributed by atoms with E-state index in [9.17, 15) is 0 Å². The molecule has 6 nitrogen and oxygen atoms in total. The molecule has 6 heteroatoms. The predicted octanol–water partition coefficient (Wildman–Crippen LogP) is 2.39. The molecule has 0 spiro atoms. The Morgan fingerprint density at radius 3 is 2.90 bits per heavy atom. The second-order valence-corrected chi connectivity index (χ2v) is 5.94. The van der Waals surface area contributed by atoms with Crippen molar-refractivity contribution in [1.82, 2.24) is 14.4 Å². The van der Waals surface area contributed by atoms with Crippen molar-refractivity contribution in [2.75, 3.05) is 36.9 Å². The third-order valence-electron chi connectivity index (χ3n) is 4.11. The van der Waals surface area contributed by atoms with Crippen LogP contribution in [0.25, 0.3) is 5.65 Å². The minimum absolute atomic E-state index is 0.262. The SMILES string of the molecule is CCNc1cn2ccnc2c(NCC2(C)CCOCC2)n1. The van der Waals surface area contributed by atoms with Gasteiger partial charge in [-0.1, -0.05) is 6.92 Å². The summed E-state index contributed by atoms with van der Waals surface area (Å²) in [6.07, 6.45) is 7.87. The third-order valence-corrected chi connectivity index (χ3v) is 4.11. The maximum atomic E-state index is 5.46. The van der Waals surface area contributed by atoms with Crippen molar-refractivity contribution in [3.05, 3.63) is 18.6 Å². The summed E-state index contributed by atoms with van der Waals surface area (Å²) in [6.45, 7) is 7.81. The molecule has 3 heterocycles. The maximum Gasteiger partial charge on any atom is 0.180 e. The number of anilines is 2. The summed E-state index contributed by atoms with van der Waals surface area (Å²) < 4.78 is 7.46. The number of fused-ring (bicyclic) bond motifs is 1. The minimum atomic E-state index is 0.262. The van der Waals surface area contributed by atoms with Gasteiger partial charge in [-0.3, -0.25) is 0 Å². The Balaban J connectivity index is 1.80. The van der Waals surface area contributed by atoms with Gasteiger partial charge in [0.1, 0.15) is 5.82 Å². The van der Waals surface area contributed by atoms with Crippen molar-refractivity contribution in [2.45, 2.75) is 26.7 Å². The van der Waals surface area contributed by atoms with Gasteiger partial charge in [0, 0.05) is 38.7 Å². The highest BCUT2D eigenvalue weighted by Crippen LogP contribution is 2.30. The normalized spacial score (nSPS) is 17.8. The molecule has 0 saturated carbocycles. The Labute approximate surface area is 124 Å². The second-order valence-electron chi connectivity index (χ2n) is 5.94. The van der Waals surface area contributed by atoms with Crippen molar-refractivity contribution in [3.8, 4) is 0 Å². The first-order valence-corrected chi connectivity index (χ1v) is 7.59. The molecule has 2 aromatic rings. The predicted molar refractivity (Wildman–Crippen MR) is 83.8 cm³/mol. The molecule has 0 amide bonds. The van der Waals surface area contributed by atoms with Gasteiger partial charge >= 0.3 is 0 Å². The maximum absolute atomic E-state index is 5.46. The van der Waals surface area contributed by atoms with E-state index in [4.69, 9.17) is 4.74 Å². The molecule has 0 radical (unpaired) electrons. The summed E-state index contributed by atoms with van der Waals surface area (Å²) in [7, 11) is 0. The summed E-state index contributed by atoms with van der Waals surface area (Å²) in [4.78, 5) is 9.03. The average Bonchev–Trinajstić information content (AvgIpc) is 2.94. The highest BCUT2D eigenvalue weighted by atomic mass is 16.5. The number of imidazole rings is 1. The van der Waals surface area contributed by atoms with Gasteiger partial charge in [-0.2, -0.15) is 0 Å². The van der Waals surface area contributed by atoms with Crippen LogP contribution in [0.4, 0.5) is 11.6 Å². The summed E-state index contributed by atoms with van der Waals surface area (Å²) in [5.41, 5.74) is 1.13. The second kappa shape index (κ2) is 5.89. The van der Waals surface area contributed by atoms with Crippen LogP contribution in [0.1, 0.15) is 26.7 Å². The van der Waals surface area contributed by atoms with E-state index in [0.29, 0.717) is 0 Å². The van der Waals surface area contributed by atoms with Gasteiger partial charge in [-0.15, -0.1) is 0 Å². The molecular weight excluding hydrogens is 266 g/mol. The van der Waals surface area contributed by atoms with E-state index in [0.717, 1.165) is 56.4 Å². The van der Waals surface area contributed by atoms with Crippen LogP contribution in [0, 0.1) is 5.41 Å². The van der Waals surface area contributed by atoms with E-state index in [-0.39, 0.29) is 5.41 Å². The molecule has 0 bridgehead atoms. The first kappa shape index (κ1) is 14.1. The van der Waals surface area contributed by atoms with Crippen LogP contribution < -0.4 is 10.6 Å². The minimum Gasteiger partial charge on any atom is -0.381 e. The van der Waals surface area contributed by atoms with Crippen LogP contribution in [0.15, 0.2) is 18.6 Å². The highest BCUT2D eigenvalue weighted by molar-refractivity contribution is 5.65. The van der Waals surface area contributed by atoms with Crippen LogP contribution >= 0.6 is 0 Å². The number of rotatable bonds is 5. The van der Waals surface area contributed by atoms with Gasteiger partial charge in [0.15, 0.2) is 11.5 Å². The molecule has 0 aromatic carbocycles. The van der Waals surface area contributed by atoms with Crippen LogP contribution in [-0.4, -0.2) is 40.7 Å². The number of aromatic nitrogens is 3. The standard InChI is InChI=1S/C15H23N5O/c1-3-16-12-10-20-7-6-17-14(20)13(19-12)18-11-15(2)4-8-21-9-5-15/h6-7,10,16H,3-5,8-9,11H2,1-2H3,(H,18,19). The molecular formula is C15H23N5O. The molecule has 1 fully saturated rings. The van der Waals surface area contributed by atoms with E-state index < -0.39 is 0 Å². The summed E-state index contributed by atoms with van der Waals surface area (Å²) in [5.74, 6) is 1.70. The van der Waals surface area contributed by atoms with E-state index >= 15 is 0 Å². The Hall–Kier alpha value is -1.82. The molecule has 3 rings (SSSR count). The fourth-order valence-electron chi connectivity index (χ4n) is 2.65. The number of hydrogen-bond donors (Lipinski definition) is 2. The molecule has 1 aliphatic rings. The van der Waals surface area contributed by atoms with E-state index in [2.05, 4.69) is 34.4 Å². The van der Waals surface area contributed by atoms with Crippen molar-refractivity contribution in [3.63, 3.8) is 0 Å². The van der Waals surface area contributed by atoms with Crippen LogP contribution in [0.2, 0.25) is 0 Å². The highest BCUT2D eigenvalue weighted by Gasteiger charge is 2.27. The first-order chi connectivity index (χ1) is 10.2. The zero-order valence-corrected chi connectivity index (χ0v) is 12.7. The van der Waals surface area contributed by atoms with Crippen LogP contribution in [-0.2, 0) is 4.74 Å². The van der Waals surface area contributed by atoms with E-state index in [1.165, 1.54) is 0 Å². The quantitative estimate of drug-likeness (QED) is 0.885. The average molecular weight is 289 g/mol. The molecule has 0 unspecified atom stereocenters. The fourth-order valence-corrected chi connectivity index (χ4v) is 2.65. The molecule has 21 heavy (non-hydrogen) atoms. The summed E-state index contributed by atoms with van der Waals surface area (Å²) in [5, 5.41) is 6.75. The van der Waals surface area contributed by atoms with Gasteiger partial charge < -0.3 is 19.8 Å². The number of ether oxygens (including phenoxy) is 1. The van der Waals surface area contributed by atoms with Crippen molar-refractivity contribution in [2.24, 2.45) is 5.41 Å². The monoisotopic (exact) mass is 289 g/mol. The Kier molecular flexibility index (Phi) is 3.96. The molecule has 1 saturated heterocycles. The third kappa shape index (κ3) is 3.10. The zero-order chi connectivity index (χ0) is 14.7. The van der Waals surface area contributed by atoms with Crippen molar-refractivity contribution < 1.29 is 4.74 Å². The van der Waals surface area contributed by atoms with E-state index in [1.807, 2.05) is 16.8 Å². The lowest BCUT2D eigenvalue weighted by atomic mass is 9.82. The Morgan fingerprint density at radius 2 is 2.14 bits per heavy atom. The Bertz CT molecular complexity index is 603. The molecule has 114 valence electrons. The lowest BCUT2D eigenvalue weighted by Crippen LogP contribution is -2.33. The van der Waals surface area contributed by atoms with E-state index in [1.54, 1.807) is 6.20 Å². The van der Waals surface area contributed by atoms with Crippen LogP contribution in [0.5, 0.6) is 0 Å². The molecule has 2 N–H and O–H groups in total. The van der Waals surface area contributed by atoms with Crippen LogP contribution in [0.3, 0.4) is 0 Å². The number of nitrogens with one attached hydrogen (secondary N) is 2. The van der Waals surface area contributed by atoms with Gasteiger partial charge in [0.2, 0.25) is 0 Å². The first-order valence-electron chi connectivity index (χ1n) is 7.59. The lowest BCUT2D eigenvalue weighted by Gasteiger charge is -2.33. The van der Waals surface area contributed by atoms with Gasteiger partial charge in [0.25, 0.3) is 0 Å².